The van der Waals surface area contributed by atoms with Crippen LogP contribution in [0.4, 0.5) is 0 Å². The van der Waals surface area contributed by atoms with Gasteiger partial charge in [0.2, 0.25) is 0 Å². The third-order valence-electron chi connectivity index (χ3n) is 0.534. The fourth-order valence-electron chi connectivity index (χ4n) is 0.219. The topological polar surface area (TPSA) is 43.2 Å². The third kappa shape index (κ3) is 6.68. The van der Waals surface area contributed by atoms with E-state index in [4.69, 9.17) is 0 Å². The molecule has 0 N–H and O–H groups in total. The smallest absolute Gasteiger partial charge is 0.137 e. The minimum Gasteiger partial charge on any atom is -0.373 e. The molecule has 0 aromatic heterocycles. The molecule has 56 valence electrons. The minimum absolute atomic E-state index is 0.334. The van der Waals surface area contributed by atoms with E-state index in [2.05, 4.69) is 33.4 Å². The van der Waals surface area contributed by atoms with Crippen LogP contribution in [0.5, 0.6) is 0 Å². The summed E-state index contributed by atoms with van der Waals surface area (Å²) in [5.41, 5.74) is 0. The molecule has 0 aromatic carbocycles. The molecule has 0 rings (SSSR count). The number of hydrogen-bond donors (Lipinski definition) is 0. The molecule has 0 amide bonds. The lowest BCUT2D eigenvalue weighted by Crippen LogP contribution is -1.81. The van der Waals surface area contributed by atoms with Crippen LogP contribution in [0.15, 0.2) is 35.9 Å². The van der Waals surface area contributed by atoms with Crippen molar-refractivity contribution in [2.24, 2.45) is 10.6 Å². The maximum Gasteiger partial charge on any atom is 0.137 e. The largest absolute Gasteiger partial charge is 0.373 e. The van der Waals surface area contributed by atoms with Gasteiger partial charge >= 0.3 is 0 Å². The van der Waals surface area contributed by atoms with Gasteiger partial charge in [0.1, 0.15) is 13.2 Å². The molecule has 0 saturated carbocycles. The van der Waals surface area contributed by atoms with E-state index in [-0.39, 0.29) is 0 Å². The Bertz CT molecular complexity index is 109. The van der Waals surface area contributed by atoms with Crippen molar-refractivity contribution in [3.63, 3.8) is 0 Å². The Kier molecular flexibility index (Phi) is 6.67. The zero-order valence-corrected chi connectivity index (χ0v) is 5.69. The number of rotatable bonds is 6. The molecule has 0 aliphatic rings. The molecule has 10 heavy (non-hydrogen) atoms. The van der Waals surface area contributed by atoms with Crippen LogP contribution in [0.2, 0.25) is 0 Å². The van der Waals surface area contributed by atoms with Gasteiger partial charge in [-0.2, -0.15) is 0 Å². The summed E-state index contributed by atoms with van der Waals surface area (Å²) in [6.07, 6.45) is 3.12. The maximum atomic E-state index is 4.51. The lowest BCUT2D eigenvalue weighted by atomic mass is 10.7. The lowest BCUT2D eigenvalue weighted by Gasteiger charge is -1.89. The second kappa shape index (κ2) is 7.68. The first-order valence-electron chi connectivity index (χ1n) is 2.78. The molecule has 0 unspecified atom stereocenters. The molecule has 0 radical (unpaired) electrons. The number of nitrogens with zero attached hydrogens (tertiary/aromatic N) is 2. The fraction of sp³-hybridized carbons (Fsp3) is 0.333. The molecule has 0 spiro atoms. The van der Waals surface area contributed by atoms with E-state index in [1.807, 2.05) is 0 Å². The molecule has 4 nitrogen and oxygen atoms in total. The molecular formula is C6H10N2O2. The molecule has 0 bridgehead atoms. The Morgan fingerprint density at radius 3 is 1.70 bits per heavy atom. The summed E-state index contributed by atoms with van der Waals surface area (Å²) in [5.74, 6) is 0. The quantitative estimate of drug-likeness (QED) is 0.245. The first kappa shape index (κ1) is 8.68. The second-order valence-electron chi connectivity index (χ2n) is 1.33. The number of hydrogen-bond acceptors (Lipinski definition) is 4. The monoisotopic (exact) mass is 142 g/mol. The van der Waals surface area contributed by atoms with Crippen molar-refractivity contribution in [2.45, 2.75) is 0 Å². The van der Waals surface area contributed by atoms with Gasteiger partial charge in [-0.25, -0.2) is 0 Å². The van der Waals surface area contributed by atoms with Crippen molar-refractivity contribution in [3.05, 3.63) is 25.3 Å². The fourth-order valence-corrected chi connectivity index (χ4v) is 0.219. The lowest BCUT2D eigenvalue weighted by molar-refractivity contribution is 0.0636. The van der Waals surface area contributed by atoms with E-state index < -0.39 is 0 Å². The van der Waals surface area contributed by atoms with Gasteiger partial charge in [-0.3, -0.25) is 0 Å². The summed E-state index contributed by atoms with van der Waals surface area (Å²) >= 11 is 0. The molecule has 0 saturated heterocycles. The molecule has 0 atom stereocenters. The maximum absolute atomic E-state index is 4.51. The molecule has 0 aromatic rings. The molecular weight excluding hydrogens is 132 g/mol. The molecule has 0 heterocycles. The van der Waals surface area contributed by atoms with Gasteiger partial charge in [-0.1, -0.05) is 25.3 Å². The Morgan fingerprint density at radius 2 is 1.40 bits per heavy atom. The van der Waals surface area contributed by atoms with Crippen LogP contribution in [0.3, 0.4) is 0 Å². The van der Waals surface area contributed by atoms with Crippen molar-refractivity contribution < 1.29 is 9.68 Å². The zero-order chi connectivity index (χ0) is 7.66. The van der Waals surface area contributed by atoms with Gasteiger partial charge in [-0.15, -0.1) is 0 Å². The summed E-state index contributed by atoms with van der Waals surface area (Å²) in [4.78, 5) is 9.02. The van der Waals surface area contributed by atoms with E-state index >= 15 is 0 Å². The SMILES string of the molecule is C=CCON=NOCC=C. The highest BCUT2D eigenvalue weighted by molar-refractivity contribution is 4.63. The average Bonchev–Trinajstić information content (AvgIpc) is 1.97. The third-order valence-corrected chi connectivity index (χ3v) is 0.534. The highest BCUT2D eigenvalue weighted by atomic mass is 16.7. The summed E-state index contributed by atoms with van der Waals surface area (Å²) in [6, 6.07) is 0. The van der Waals surface area contributed by atoms with Crippen molar-refractivity contribution in [2.75, 3.05) is 13.2 Å². The van der Waals surface area contributed by atoms with Gasteiger partial charge in [0.05, 0.1) is 10.6 Å². The van der Waals surface area contributed by atoms with E-state index in [1.165, 1.54) is 0 Å². The van der Waals surface area contributed by atoms with Gasteiger partial charge < -0.3 is 9.68 Å². The van der Waals surface area contributed by atoms with Crippen LogP contribution in [-0.2, 0) is 9.68 Å². The summed E-state index contributed by atoms with van der Waals surface area (Å²) < 4.78 is 0. The van der Waals surface area contributed by atoms with Crippen molar-refractivity contribution >= 4 is 0 Å². The highest BCUT2D eigenvalue weighted by Crippen LogP contribution is 1.81. The Hall–Kier alpha value is -1.32. The molecule has 0 aliphatic heterocycles. The van der Waals surface area contributed by atoms with Crippen LogP contribution < -0.4 is 0 Å². The molecule has 0 fully saturated rings. The van der Waals surface area contributed by atoms with Gasteiger partial charge in [0, 0.05) is 0 Å². The predicted octanol–water partition coefficient (Wildman–Crippen LogP) is 1.67. The van der Waals surface area contributed by atoms with Crippen molar-refractivity contribution in [1.29, 1.82) is 0 Å². The molecule has 0 aliphatic carbocycles. The zero-order valence-electron chi connectivity index (χ0n) is 5.69. The first-order chi connectivity index (χ1) is 4.91. The van der Waals surface area contributed by atoms with Crippen LogP contribution in [0.1, 0.15) is 0 Å². The summed E-state index contributed by atoms with van der Waals surface area (Å²) in [6.45, 7) is 7.49. The van der Waals surface area contributed by atoms with Crippen LogP contribution in [0.25, 0.3) is 0 Å². The van der Waals surface area contributed by atoms with Gasteiger partial charge in [0.25, 0.3) is 0 Å². The Labute approximate surface area is 59.8 Å². The van der Waals surface area contributed by atoms with E-state index in [9.17, 15) is 0 Å². The van der Waals surface area contributed by atoms with Crippen LogP contribution >= 0.6 is 0 Å². The van der Waals surface area contributed by atoms with Crippen LogP contribution in [0, 0.1) is 0 Å². The summed E-state index contributed by atoms with van der Waals surface area (Å²) in [5, 5.41) is 6.36. The second-order valence-corrected chi connectivity index (χ2v) is 1.33. The Balaban J connectivity index is 3.03. The van der Waals surface area contributed by atoms with Gasteiger partial charge in [0.15, 0.2) is 0 Å². The van der Waals surface area contributed by atoms with Crippen molar-refractivity contribution in [3.8, 4) is 0 Å². The first-order valence-corrected chi connectivity index (χ1v) is 2.78. The van der Waals surface area contributed by atoms with Gasteiger partial charge in [-0.05, 0) is 0 Å². The minimum atomic E-state index is 0.334. The standard InChI is InChI=1S/C6H10N2O2/c1-3-5-9-7-8-10-6-4-2/h3-4H,1-2,5-6H2. The normalized spacial score (nSPS) is 9.20. The molecule has 4 heteroatoms. The predicted molar refractivity (Wildman–Crippen MR) is 37.2 cm³/mol. The summed E-state index contributed by atoms with van der Waals surface area (Å²) in [7, 11) is 0. The van der Waals surface area contributed by atoms with E-state index in [1.54, 1.807) is 12.2 Å². The van der Waals surface area contributed by atoms with E-state index in [0.29, 0.717) is 13.2 Å². The average molecular weight is 142 g/mol. The van der Waals surface area contributed by atoms with E-state index in [0.717, 1.165) is 0 Å². The Morgan fingerprint density at radius 1 is 1.00 bits per heavy atom. The van der Waals surface area contributed by atoms with Crippen LogP contribution in [-0.4, -0.2) is 13.2 Å². The van der Waals surface area contributed by atoms with Crippen molar-refractivity contribution in [1.82, 2.24) is 0 Å². The highest BCUT2D eigenvalue weighted by Gasteiger charge is 1.74.